The van der Waals surface area contributed by atoms with E-state index in [-0.39, 0.29) is 23.2 Å². The van der Waals surface area contributed by atoms with Gasteiger partial charge in [-0.15, -0.1) is 0 Å². The number of rotatable bonds is 2. The van der Waals surface area contributed by atoms with E-state index in [1.807, 2.05) is 6.92 Å². The van der Waals surface area contributed by atoms with Crippen LogP contribution in [0.2, 0.25) is 0 Å². The minimum Gasteiger partial charge on any atom is -0.337 e. The van der Waals surface area contributed by atoms with Crippen molar-refractivity contribution in [1.82, 2.24) is 4.90 Å². The number of halogens is 2. The number of nitrogens with zero attached hydrogens (tertiary/aromatic N) is 1. The van der Waals surface area contributed by atoms with Gasteiger partial charge in [0.15, 0.2) is 0 Å². The van der Waals surface area contributed by atoms with Crippen molar-refractivity contribution in [2.24, 2.45) is 5.92 Å². The SMILES string of the molecule is CCC1CN(C(=O)c2c(F)cccc2Br)CCC1=O. The van der Waals surface area contributed by atoms with Crippen molar-refractivity contribution in [2.45, 2.75) is 19.8 Å². The lowest BCUT2D eigenvalue weighted by atomic mass is 9.93. The molecule has 0 N–H and O–H groups in total. The molecule has 1 aromatic rings. The maximum atomic E-state index is 13.8. The molecule has 5 heteroatoms. The van der Waals surface area contributed by atoms with Gasteiger partial charge in [0.05, 0.1) is 5.56 Å². The highest BCUT2D eigenvalue weighted by Crippen LogP contribution is 2.24. The van der Waals surface area contributed by atoms with Gasteiger partial charge in [0.2, 0.25) is 0 Å². The summed E-state index contributed by atoms with van der Waals surface area (Å²) in [5, 5.41) is 0. The number of piperidine rings is 1. The molecule has 0 aromatic heterocycles. The Hall–Kier alpha value is -1.23. The summed E-state index contributed by atoms with van der Waals surface area (Å²) in [6, 6.07) is 4.46. The molecule has 19 heavy (non-hydrogen) atoms. The number of hydrogen-bond acceptors (Lipinski definition) is 2. The molecule has 0 saturated carbocycles. The second kappa shape index (κ2) is 5.82. The van der Waals surface area contributed by atoms with Gasteiger partial charge < -0.3 is 4.90 Å². The van der Waals surface area contributed by atoms with E-state index in [0.29, 0.717) is 30.4 Å². The average Bonchev–Trinajstić information content (AvgIpc) is 2.39. The highest BCUT2D eigenvalue weighted by molar-refractivity contribution is 9.10. The van der Waals surface area contributed by atoms with Gasteiger partial charge in [-0.25, -0.2) is 4.39 Å². The smallest absolute Gasteiger partial charge is 0.258 e. The molecule has 3 nitrogen and oxygen atoms in total. The summed E-state index contributed by atoms with van der Waals surface area (Å²) < 4.78 is 14.2. The molecule has 0 radical (unpaired) electrons. The molecule has 0 aliphatic carbocycles. The van der Waals surface area contributed by atoms with Crippen LogP contribution in [0.4, 0.5) is 4.39 Å². The topological polar surface area (TPSA) is 37.4 Å². The Kier molecular flexibility index (Phi) is 4.34. The molecular formula is C14H15BrFNO2. The molecule has 1 unspecified atom stereocenters. The minimum absolute atomic E-state index is 0.0479. The summed E-state index contributed by atoms with van der Waals surface area (Å²) in [5.41, 5.74) is 0.0479. The summed E-state index contributed by atoms with van der Waals surface area (Å²) in [5.74, 6) is -0.817. The molecule has 1 aromatic carbocycles. The third-order valence-electron chi connectivity index (χ3n) is 3.48. The van der Waals surface area contributed by atoms with Gasteiger partial charge in [-0.05, 0) is 34.5 Å². The predicted molar refractivity (Wildman–Crippen MR) is 73.4 cm³/mol. The van der Waals surface area contributed by atoms with Gasteiger partial charge in [0.25, 0.3) is 5.91 Å². The standard InChI is InChI=1S/C14H15BrFNO2/c1-2-9-8-17(7-6-12(9)18)14(19)13-10(15)4-3-5-11(13)16/h3-5,9H,2,6-8H2,1H3. The van der Waals surface area contributed by atoms with Crippen LogP contribution in [-0.4, -0.2) is 29.7 Å². The van der Waals surface area contributed by atoms with E-state index in [4.69, 9.17) is 0 Å². The third-order valence-corrected chi connectivity index (χ3v) is 4.14. The maximum absolute atomic E-state index is 13.8. The Morgan fingerprint density at radius 2 is 2.26 bits per heavy atom. The lowest BCUT2D eigenvalue weighted by Gasteiger charge is -2.31. The van der Waals surface area contributed by atoms with Crippen LogP contribution in [-0.2, 0) is 4.79 Å². The monoisotopic (exact) mass is 327 g/mol. The van der Waals surface area contributed by atoms with Gasteiger partial charge in [-0.2, -0.15) is 0 Å². The summed E-state index contributed by atoms with van der Waals surface area (Å²) >= 11 is 3.20. The van der Waals surface area contributed by atoms with E-state index >= 15 is 0 Å². The van der Waals surface area contributed by atoms with Crippen molar-refractivity contribution < 1.29 is 14.0 Å². The summed E-state index contributed by atoms with van der Waals surface area (Å²) in [4.78, 5) is 25.6. The minimum atomic E-state index is -0.538. The fourth-order valence-corrected chi connectivity index (χ4v) is 2.82. The van der Waals surface area contributed by atoms with Gasteiger partial charge in [0, 0.05) is 29.9 Å². The Balaban J connectivity index is 2.23. The first-order valence-electron chi connectivity index (χ1n) is 6.30. The van der Waals surface area contributed by atoms with E-state index in [2.05, 4.69) is 15.9 Å². The molecule has 1 fully saturated rings. The number of carbonyl (C=O) groups is 2. The zero-order valence-electron chi connectivity index (χ0n) is 10.7. The van der Waals surface area contributed by atoms with Gasteiger partial charge in [-0.1, -0.05) is 13.0 Å². The fraction of sp³-hybridized carbons (Fsp3) is 0.429. The van der Waals surface area contributed by atoms with Crippen molar-refractivity contribution in [3.63, 3.8) is 0 Å². The zero-order valence-corrected chi connectivity index (χ0v) is 12.2. The molecule has 1 atom stereocenters. The van der Waals surface area contributed by atoms with Crippen LogP contribution < -0.4 is 0 Å². The van der Waals surface area contributed by atoms with Crippen molar-refractivity contribution in [1.29, 1.82) is 0 Å². The molecule has 0 bridgehead atoms. The summed E-state index contributed by atoms with van der Waals surface area (Å²) in [7, 11) is 0. The molecule has 0 spiro atoms. The van der Waals surface area contributed by atoms with E-state index < -0.39 is 5.82 Å². The van der Waals surface area contributed by atoms with Crippen LogP contribution in [0.3, 0.4) is 0 Å². The Labute approximate surface area is 119 Å². The van der Waals surface area contributed by atoms with E-state index in [1.165, 1.54) is 6.07 Å². The Morgan fingerprint density at radius 1 is 1.53 bits per heavy atom. The average molecular weight is 328 g/mol. The molecule has 2 rings (SSSR count). The first-order valence-corrected chi connectivity index (χ1v) is 7.10. The molecule has 102 valence electrons. The lowest BCUT2D eigenvalue weighted by molar-refractivity contribution is -0.125. The highest BCUT2D eigenvalue weighted by atomic mass is 79.9. The molecular weight excluding hydrogens is 313 g/mol. The molecule has 1 heterocycles. The number of hydrogen-bond donors (Lipinski definition) is 0. The highest BCUT2D eigenvalue weighted by Gasteiger charge is 2.30. The van der Waals surface area contributed by atoms with Crippen LogP contribution in [0.5, 0.6) is 0 Å². The normalized spacial score (nSPS) is 19.6. The summed E-state index contributed by atoms with van der Waals surface area (Å²) in [6.45, 7) is 2.68. The first kappa shape index (κ1) is 14.2. The zero-order chi connectivity index (χ0) is 14.0. The predicted octanol–water partition coefficient (Wildman–Crippen LogP) is 3.03. The fourth-order valence-electron chi connectivity index (χ4n) is 2.31. The summed E-state index contributed by atoms with van der Waals surface area (Å²) in [6.07, 6.45) is 1.07. The third kappa shape index (κ3) is 2.86. The van der Waals surface area contributed by atoms with E-state index in [1.54, 1.807) is 17.0 Å². The van der Waals surface area contributed by atoms with Crippen LogP contribution >= 0.6 is 15.9 Å². The first-order chi connectivity index (χ1) is 9.04. The lowest BCUT2D eigenvalue weighted by Crippen LogP contribution is -2.44. The van der Waals surface area contributed by atoms with E-state index in [0.717, 1.165) is 0 Å². The van der Waals surface area contributed by atoms with Crippen molar-refractivity contribution in [3.8, 4) is 0 Å². The van der Waals surface area contributed by atoms with Crippen molar-refractivity contribution in [2.75, 3.05) is 13.1 Å². The van der Waals surface area contributed by atoms with E-state index in [9.17, 15) is 14.0 Å². The van der Waals surface area contributed by atoms with Crippen molar-refractivity contribution in [3.05, 3.63) is 34.1 Å². The molecule has 1 saturated heterocycles. The van der Waals surface area contributed by atoms with Crippen LogP contribution in [0.1, 0.15) is 30.1 Å². The van der Waals surface area contributed by atoms with Crippen LogP contribution in [0, 0.1) is 11.7 Å². The largest absolute Gasteiger partial charge is 0.337 e. The van der Waals surface area contributed by atoms with Crippen LogP contribution in [0.15, 0.2) is 22.7 Å². The number of amides is 1. The van der Waals surface area contributed by atoms with Crippen molar-refractivity contribution >= 4 is 27.6 Å². The van der Waals surface area contributed by atoms with Gasteiger partial charge >= 0.3 is 0 Å². The second-order valence-corrected chi connectivity index (χ2v) is 5.52. The van der Waals surface area contributed by atoms with Gasteiger partial charge in [0.1, 0.15) is 11.6 Å². The molecule has 1 aliphatic rings. The number of likely N-dealkylation sites (tertiary alicyclic amines) is 1. The number of carbonyl (C=O) groups excluding carboxylic acids is 2. The Morgan fingerprint density at radius 3 is 2.89 bits per heavy atom. The van der Waals surface area contributed by atoms with Crippen LogP contribution in [0.25, 0.3) is 0 Å². The van der Waals surface area contributed by atoms with Gasteiger partial charge in [-0.3, -0.25) is 9.59 Å². The maximum Gasteiger partial charge on any atom is 0.258 e. The molecule has 1 aliphatic heterocycles. The second-order valence-electron chi connectivity index (χ2n) is 4.67. The number of ketones is 1. The Bertz CT molecular complexity index is 498. The number of benzene rings is 1. The molecule has 1 amide bonds. The quantitative estimate of drug-likeness (QED) is 0.837. The number of Topliss-reactive ketones (excluding diaryl/α,β-unsaturated/α-hetero) is 1.